The predicted octanol–water partition coefficient (Wildman–Crippen LogP) is 1.50. The summed E-state index contributed by atoms with van der Waals surface area (Å²) in [6.45, 7) is 1.83. The van der Waals surface area contributed by atoms with E-state index in [-0.39, 0.29) is 36.0 Å². The van der Waals surface area contributed by atoms with E-state index in [0.29, 0.717) is 26.2 Å². The van der Waals surface area contributed by atoms with Gasteiger partial charge in [0, 0.05) is 25.4 Å². The summed E-state index contributed by atoms with van der Waals surface area (Å²) >= 11 is -0.0273. The van der Waals surface area contributed by atoms with E-state index in [9.17, 15) is 18.0 Å². The molecule has 106 valence electrons. The molecule has 1 atom stereocenters. The summed E-state index contributed by atoms with van der Waals surface area (Å²) < 4.78 is 45.8. The van der Waals surface area contributed by atoms with Gasteiger partial charge in [-0.25, -0.2) is 0 Å². The number of hydrogen-bond donors (Lipinski definition) is 0. The van der Waals surface area contributed by atoms with Gasteiger partial charge in [0.15, 0.2) is 0 Å². The molecule has 0 saturated carbocycles. The standard InChI is InChI=1S/C10H16F3NO3S/c1-16-9(15)6-8-7-14(2-4-17-8)3-5-18-10(11,12)13/h8H,2-7H2,1H3. The fourth-order valence-corrected chi connectivity index (χ4v) is 2.25. The van der Waals surface area contributed by atoms with E-state index >= 15 is 0 Å². The number of alkyl halides is 3. The molecule has 1 aliphatic heterocycles. The summed E-state index contributed by atoms with van der Waals surface area (Å²) in [6.07, 6.45) is -0.151. The first-order valence-electron chi connectivity index (χ1n) is 5.52. The number of esters is 1. The van der Waals surface area contributed by atoms with Crippen molar-refractivity contribution in [1.29, 1.82) is 0 Å². The highest BCUT2D eigenvalue weighted by Crippen LogP contribution is 2.29. The topological polar surface area (TPSA) is 38.8 Å². The second kappa shape index (κ2) is 7.20. The molecular formula is C10H16F3NO3S. The lowest BCUT2D eigenvalue weighted by molar-refractivity contribution is -0.145. The van der Waals surface area contributed by atoms with Crippen LogP contribution in [0.4, 0.5) is 13.2 Å². The molecule has 0 aromatic heterocycles. The highest BCUT2D eigenvalue weighted by Gasteiger charge is 2.29. The van der Waals surface area contributed by atoms with Gasteiger partial charge in [0.1, 0.15) is 0 Å². The van der Waals surface area contributed by atoms with E-state index in [0.717, 1.165) is 0 Å². The quantitative estimate of drug-likeness (QED) is 0.717. The Kier molecular flexibility index (Phi) is 6.24. The van der Waals surface area contributed by atoms with Gasteiger partial charge in [-0.05, 0) is 11.8 Å². The largest absolute Gasteiger partial charge is 0.469 e. The van der Waals surface area contributed by atoms with Gasteiger partial charge in [-0.3, -0.25) is 9.69 Å². The molecule has 0 N–H and O–H groups in total. The minimum Gasteiger partial charge on any atom is -0.469 e. The number of thioether (sulfide) groups is 1. The molecule has 1 heterocycles. The van der Waals surface area contributed by atoms with Crippen molar-refractivity contribution in [1.82, 2.24) is 4.90 Å². The Hall–Kier alpha value is -0.470. The third-order valence-electron chi connectivity index (χ3n) is 2.52. The van der Waals surface area contributed by atoms with Crippen molar-refractivity contribution < 1.29 is 27.4 Å². The fraction of sp³-hybridized carbons (Fsp3) is 0.900. The first kappa shape index (κ1) is 15.6. The number of rotatable bonds is 5. The Morgan fingerprint density at radius 3 is 2.89 bits per heavy atom. The average molecular weight is 287 g/mol. The van der Waals surface area contributed by atoms with Crippen molar-refractivity contribution in [3.63, 3.8) is 0 Å². The number of hydrogen-bond acceptors (Lipinski definition) is 5. The van der Waals surface area contributed by atoms with E-state index in [2.05, 4.69) is 4.74 Å². The van der Waals surface area contributed by atoms with Gasteiger partial charge in [0.05, 0.1) is 26.2 Å². The molecule has 0 amide bonds. The van der Waals surface area contributed by atoms with Gasteiger partial charge in [-0.2, -0.15) is 13.2 Å². The van der Waals surface area contributed by atoms with Crippen LogP contribution in [-0.2, 0) is 14.3 Å². The lowest BCUT2D eigenvalue weighted by Crippen LogP contribution is -2.44. The van der Waals surface area contributed by atoms with Crippen molar-refractivity contribution in [3.8, 4) is 0 Å². The number of morpholine rings is 1. The molecule has 0 bridgehead atoms. The molecule has 1 saturated heterocycles. The van der Waals surface area contributed by atoms with Crippen LogP contribution in [0.5, 0.6) is 0 Å². The normalized spacial score (nSPS) is 21.9. The van der Waals surface area contributed by atoms with Gasteiger partial charge in [-0.1, -0.05) is 0 Å². The van der Waals surface area contributed by atoms with E-state index < -0.39 is 5.51 Å². The lowest BCUT2D eigenvalue weighted by Gasteiger charge is -2.32. The molecule has 18 heavy (non-hydrogen) atoms. The maximum Gasteiger partial charge on any atom is 0.441 e. The zero-order chi connectivity index (χ0) is 13.6. The Morgan fingerprint density at radius 1 is 1.56 bits per heavy atom. The first-order chi connectivity index (χ1) is 8.40. The van der Waals surface area contributed by atoms with Gasteiger partial charge in [0.25, 0.3) is 0 Å². The SMILES string of the molecule is COC(=O)CC1CN(CCSC(F)(F)F)CCO1. The van der Waals surface area contributed by atoms with E-state index in [1.165, 1.54) is 7.11 Å². The van der Waals surface area contributed by atoms with Gasteiger partial charge in [-0.15, -0.1) is 0 Å². The van der Waals surface area contributed by atoms with Crippen LogP contribution in [0, 0.1) is 0 Å². The second-order valence-corrected chi connectivity index (χ2v) is 5.03. The average Bonchev–Trinajstić information content (AvgIpc) is 2.27. The van der Waals surface area contributed by atoms with Crippen molar-refractivity contribution in [2.45, 2.75) is 18.0 Å². The van der Waals surface area contributed by atoms with Crippen LogP contribution >= 0.6 is 11.8 Å². The second-order valence-electron chi connectivity index (χ2n) is 3.87. The van der Waals surface area contributed by atoms with Crippen molar-refractivity contribution >= 4 is 17.7 Å². The van der Waals surface area contributed by atoms with Crippen LogP contribution in [0.1, 0.15) is 6.42 Å². The molecule has 0 aromatic carbocycles. The van der Waals surface area contributed by atoms with E-state index in [1.807, 2.05) is 4.90 Å². The van der Waals surface area contributed by atoms with Gasteiger partial charge in [0.2, 0.25) is 0 Å². The van der Waals surface area contributed by atoms with Crippen LogP contribution in [0.25, 0.3) is 0 Å². The van der Waals surface area contributed by atoms with Crippen LogP contribution < -0.4 is 0 Å². The van der Waals surface area contributed by atoms with Crippen LogP contribution in [-0.4, -0.2) is 61.6 Å². The van der Waals surface area contributed by atoms with Gasteiger partial charge < -0.3 is 9.47 Å². The smallest absolute Gasteiger partial charge is 0.441 e. The van der Waals surface area contributed by atoms with Crippen LogP contribution in [0.2, 0.25) is 0 Å². The van der Waals surface area contributed by atoms with Crippen molar-refractivity contribution in [3.05, 3.63) is 0 Å². The van der Waals surface area contributed by atoms with Crippen molar-refractivity contribution in [2.24, 2.45) is 0 Å². The number of carbonyl (C=O) groups excluding carboxylic acids is 1. The molecule has 1 fully saturated rings. The monoisotopic (exact) mass is 287 g/mol. The molecule has 1 unspecified atom stereocenters. The Labute approximate surface area is 108 Å². The van der Waals surface area contributed by atoms with Crippen LogP contribution in [0.3, 0.4) is 0 Å². The summed E-state index contributed by atoms with van der Waals surface area (Å²) in [5, 5.41) is 0. The molecule has 0 spiro atoms. The molecule has 1 rings (SSSR count). The van der Waals surface area contributed by atoms with Gasteiger partial charge >= 0.3 is 11.5 Å². The molecule has 4 nitrogen and oxygen atoms in total. The maximum absolute atomic E-state index is 12.0. The Balaban J connectivity index is 2.24. The summed E-state index contributed by atoms with van der Waals surface area (Å²) in [4.78, 5) is 12.9. The fourth-order valence-electron chi connectivity index (χ4n) is 1.67. The minimum atomic E-state index is -4.18. The highest BCUT2D eigenvalue weighted by molar-refractivity contribution is 8.00. The summed E-state index contributed by atoms with van der Waals surface area (Å²) in [7, 11) is 1.29. The van der Waals surface area contributed by atoms with Crippen LogP contribution in [0.15, 0.2) is 0 Å². The molecule has 8 heteroatoms. The Bertz CT molecular complexity index is 276. The molecular weight excluding hydrogens is 271 g/mol. The first-order valence-corrected chi connectivity index (χ1v) is 6.50. The summed E-state index contributed by atoms with van der Waals surface area (Å²) in [6, 6.07) is 0. The number of nitrogens with zero attached hydrogens (tertiary/aromatic N) is 1. The lowest BCUT2D eigenvalue weighted by atomic mass is 10.2. The maximum atomic E-state index is 12.0. The highest BCUT2D eigenvalue weighted by atomic mass is 32.2. The van der Waals surface area contributed by atoms with Crippen molar-refractivity contribution in [2.75, 3.05) is 39.1 Å². The number of methoxy groups -OCH3 is 1. The zero-order valence-electron chi connectivity index (χ0n) is 10.0. The summed E-state index contributed by atoms with van der Waals surface area (Å²) in [5.74, 6) is -0.374. The zero-order valence-corrected chi connectivity index (χ0v) is 10.9. The number of carbonyl (C=O) groups is 1. The van der Waals surface area contributed by atoms with E-state index in [1.54, 1.807) is 0 Å². The number of ether oxygens (including phenoxy) is 2. The molecule has 0 radical (unpaired) electrons. The third-order valence-corrected chi connectivity index (χ3v) is 3.23. The molecule has 1 aliphatic rings. The predicted molar refractivity (Wildman–Crippen MR) is 61.3 cm³/mol. The molecule has 0 aromatic rings. The van der Waals surface area contributed by atoms with E-state index in [4.69, 9.17) is 4.74 Å². The minimum absolute atomic E-state index is 0.00551. The Morgan fingerprint density at radius 2 is 2.28 bits per heavy atom. The number of halogens is 3. The molecule has 0 aliphatic carbocycles. The third kappa shape index (κ3) is 6.46. The summed E-state index contributed by atoms with van der Waals surface area (Å²) in [5.41, 5.74) is -4.18.